The third kappa shape index (κ3) is 5.48. The van der Waals surface area contributed by atoms with Crippen LogP contribution in [0.5, 0.6) is 5.75 Å². The van der Waals surface area contributed by atoms with E-state index in [0.717, 1.165) is 63.5 Å². The predicted octanol–water partition coefficient (Wildman–Crippen LogP) is 5.64. The quantitative estimate of drug-likeness (QED) is 0.211. The number of benzene rings is 2. The van der Waals surface area contributed by atoms with E-state index in [2.05, 4.69) is 39.9 Å². The molecular formula is C35H42N4O5S. The van der Waals surface area contributed by atoms with Crippen LogP contribution in [0, 0.1) is 5.41 Å². The zero-order valence-electron chi connectivity index (χ0n) is 26.1. The van der Waals surface area contributed by atoms with Gasteiger partial charge in [-0.05, 0) is 73.1 Å². The van der Waals surface area contributed by atoms with Crippen molar-refractivity contribution < 1.29 is 22.7 Å². The Morgan fingerprint density at radius 2 is 1.89 bits per heavy atom. The zero-order chi connectivity index (χ0) is 31.9. The number of hydrogen-bond donors (Lipinski definition) is 2. The Hall–Kier alpha value is -3.89. The molecule has 3 aliphatic rings. The Balaban J connectivity index is 1.53. The minimum absolute atomic E-state index is 0.0160. The summed E-state index contributed by atoms with van der Waals surface area (Å²) in [6, 6.07) is 11.6. The molecule has 0 saturated heterocycles. The second-order valence-electron chi connectivity index (χ2n) is 12.6. The Kier molecular flexibility index (Phi) is 8.39. The van der Waals surface area contributed by atoms with Crippen LogP contribution in [0.25, 0.3) is 22.2 Å². The summed E-state index contributed by atoms with van der Waals surface area (Å²) in [6.07, 6.45) is 10.3. The van der Waals surface area contributed by atoms with Crippen molar-refractivity contribution >= 4 is 32.9 Å². The zero-order valence-corrected chi connectivity index (χ0v) is 26.9. The lowest BCUT2D eigenvalue weighted by Gasteiger charge is -2.24. The minimum Gasteiger partial charge on any atom is -0.497 e. The molecule has 0 radical (unpaired) electrons. The molecule has 1 unspecified atom stereocenters. The Labute approximate surface area is 265 Å². The topological polar surface area (TPSA) is 110 Å². The number of amides is 2. The van der Waals surface area contributed by atoms with Crippen molar-refractivity contribution in [1.82, 2.24) is 18.9 Å². The predicted molar refractivity (Wildman–Crippen MR) is 177 cm³/mol. The van der Waals surface area contributed by atoms with E-state index in [1.807, 2.05) is 12.1 Å². The van der Waals surface area contributed by atoms with E-state index in [9.17, 15) is 18.0 Å². The van der Waals surface area contributed by atoms with Gasteiger partial charge in [-0.1, -0.05) is 37.5 Å². The van der Waals surface area contributed by atoms with Crippen LogP contribution in [0.3, 0.4) is 0 Å². The first-order chi connectivity index (χ1) is 21.6. The van der Waals surface area contributed by atoms with Gasteiger partial charge in [-0.15, -0.1) is 13.2 Å². The summed E-state index contributed by atoms with van der Waals surface area (Å²) in [4.78, 5) is 27.3. The van der Waals surface area contributed by atoms with Crippen molar-refractivity contribution in [2.24, 2.45) is 5.41 Å². The van der Waals surface area contributed by atoms with E-state index in [1.165, 1.54) is 25.1 Å². The molecule has 10 heteroatoms. The number of carbonyl (C=O) groups excluding carboxylic acids is 2. The molecule has 2 aromatic carbocycles. The molecule has 0 bridgehead atoms. The second kappa shape index (κ2) is 12.1. The normalized spacial score (nSPS) is 20.8. The number of nitrogens with one attached hydrogen (secondary N) is 2. The van der Waals surface area contributed by atoms with Crippen LogP contribution in [0.4, 0.5) is 0 Å². The summed E-state index contributed by atoms with van der Waals surface area (Å²) in [7, 11) is -1.00. The highest BCUT2D eigenvalue weighted by Gasteiger charge is 2.62. The van der Waals surface area contributed by atoms with Crippen LogP contribution in [-0.4, -0.2) is 56.4 Å². The van der Waals surface area contributed by atoms with Gasteiger partial charge in [-0.2, -0.15) is 12.7 Å². The minimum atomic E-state index is -4.06. The Morgan fingerprint density at radius 1 is 1.11 bits per heavy atom. The first-order valence-electron chi connectivity index (χ1n) is 15.8. The summed E-state index contributed by atoms with van der Waals surface area (Å²) >= 11 is 0. The number of methoxy groups -OCH3 is 1. The van der Waals surface area contributed by atoms with Crippen molar-refractivity contribution in [1.29, 1.82) is 0 Å². The van der Waals surface area contributed by atoms with Crippen LogP contribution in [0.15, 0.2) is 61.7 Å². The highest BCUT2D eigenvalue weighted by atomic mass is 32.2. The molecule has 2 N–H and O–H groups in total. The molecule has 45 heavy (non-hydrogen) atoms. The van der Waals surface area contributed by atoms with Gasteiger partial charge < -0.3 is 14.6 Å². The molecule has 238 valence electrons. The fourth-order valence-corrected chi connectivity index (χ4v) is 8.25. The van der Waals surface area contributed by atoms with Crippen LogP contribution in [-0.2, 0) is 21.5 Å². The maximum Gasteiger partial charge on any atom is 0.304 e. The van der Waals surface area contributed by atoms with Crippen LogP contribution in [0.2, 0.25) is 0 Å². The Bertz CT molecular complexity index is 1790. The molecule has 0 spiro atoms. The molecule has 2 aliphatic carbocycles. The third-order valence-corrected chi connectivity index (χ3v) is 11.3. The summed E-state index contributed by atoms with van der Waals surface area (Å²) in [5.41, 5.74) is 4.97. The van der Waals surface area contributed by atoms with Gasteiger partial charge in [-0.3, -0.25) is 9.59 Å². The number of likely N-dealkylation sites (N-methyl/N-ethyl adjacent to an activating group) is 1. The second-order valence-corrected chi connectivity index (χ2v) is 14.4. The highest BCUT2D eigenvalue weighted by Crippen LogP contribution is 2.65. The standard InChI is InChI=1S/C35H42N4O5S/c1-5-7-17-36-34(41)35-21-29(35)28-20-25(44-4)14-16-26(28)32-31(23-11-9-8-10-12-23)27-15-13-24(19-30(27)39(32)22-35)33(40)37-45(42,43)38(3)18-6-2/h5-6,13-16,19-20,23,29H,1-2,7-12,17-18,21-22H2,3-4H3,(H,36,41)(H,37,40)/t29-,35?/m0/s1. The van der Waals surface area contributed by atoms with Gasteiger partial charge in [0, 0.05) is 54.6 Å². The summed E-state index contributed by atoms with van der Waals surface area (Å²) in [6.45, 7) is 8.43. The van der Waals surface area contributed by atoms with E-state index >= 15 is 0 Å². The van der Waals surface area contributed by atoms with Gasteiger partial charge in [0.05, 0.1) is 18.2 Å². The monoisotopic (exact) mass is 630 g/mol. The maximum absolute atomic E-state index is 13.9. The van der Waals surface area contributed by atoms with Crippen molar-refractivity contribution in [3.05, 3.63) is 78.4 Å². The van der Waals surface area contributed by atoms with Crippen LogP contribution < -0.4 is 14.8 Å². The van der Waals surface area contributed by atoms with Gasteiger partial charge >= 0.3 is 10.2 Å². The van der Waals surface area contributed by atoms with Gasteiger partial charge in [0.25, 0.3) is 5.91 Å². The van der Waals surface area contributed by atoms with E-state index < -0.39 is 21.5 Å². The van der Waals surface area contributed by atoms with Gasteiger partial charge in [0.15, 0.2) is 0 Å². The maximum atomic E-state index is 13.9. The number of hydrogen-bond acceptors (Lipinski definition) is 5. The summed E-state index contributed by atoms with van der Waals surface area (Å²) < 4.78 is 36.7. The molecule has 1 aromatic heterocycles. The molecule has 2 amide bonds. The summed E-state index contributed by atoms with van der Waals surface area (Å²) in [5.74, 6) is 0.432. The van der Waals surface area contributed by atoms with Gasteiger partial charge in [0.2, 0.25) is 5.91 Å². The SMILES string of the molecule is C=CCCNC(=O)C12C[C@H]1c1cc(OC)ccc1-c1c(C3CCCCC3)c3ccc(C(=O)NS(=O)(=O)N(C)CC=C)cc3n1C2. The number of ether oxygens (including phenoxy) is 1. The Morgan fingerprint density at radius 3 is 2.60 bits per heavy atom. The van der Waals surface area contributed by atoms with E-state index in [1.54, 1.807) is 25.3 Å². The fraction of sp³-hybridized carbons (Fsp3) is 0.429. The van der Waals surface area contributed by atoms with Crippen molar-refractivity contribution in [3.8, 4) is 17.0 Å². The van der Waals surface area contributed by atoms with E-state index in [0.29, 0.717) is 31.8 Å². The van der Waals surface area contributed by atoms with Crippen molar-refractivity contribution in [3.63, 3.8) is 0 Å². The first kappa shape index (κ1) is 31.1. The average molecular weight is 631 g/mol. The molecule has 9 nitrogen and oxygen atoms in total. The lowest BCUT2D eigenvalue weighted by molar-refractivity contribution is -0.126. The number of aromatic nitrogens is 1. The summed E-state index contributed by atoms with van der Waals surface area (Å²) in [5, 5.41) is 4.20. The molecule has 6 rings (SSSR count). The van der Waals surface area contributed by atoms with Crippen LogP contribution in [0.1, 0.15) is 78.3 Å². The first-order valence-corrected chi connectivity index (χ1v) is 17.2. The highest BCUT2D eigenvalue weighted by molar-refractivity contribution is 7.87. The van der Waals surface area contributed by atoms with E-state index in [4.69, 9.17) is 4.74 Å². The number of carbonyl (C=O) groups is 2. The molecule has 1 aliphatic heterocycles. The average Bonchev–Trinajstić information content (AvgIpc) is 3.71. The number of rotatable bonds is 11. The molecule has 2 atom stereocenters. The van der Waals surface area contributed by atoms with Crippen molar-refractivity contribution in [2.75, 3.05) is 27.2 Å². The van der Waals surface area contributed by atoms with E-state index in [-0.39, 0.29) is 23.9 Å². The van der Waals surface area contributed by atoms with Crippen molar-refractivity contribution in [2.45, 2.75) is 63.3 Å². The lowest BCUT2D eigenvalue weighted by Crippen LogP contribution is -2.41. The molecule has 3 aromatic rings. The van der Waals surface area contributed by atoms with Gasteiger partial charge in [-0.25, -0.2) is 4.72 Å². The molecule has 2 heterocycles. The largest absolute Gasteiger partial charge is 0.497 e. The number of nitrogens with zero attached hydrogens (tertiary/aromatic N) is 2. The molecule has 2 fully saturated rings. The number of fused-ring (bicyclic) bond motifs is 7. The molecular weight excluding hydrogens is 588 g/mol. The third-order valence-electron chi connectivity index (χ3n) is 9.89. The van der Waals surface area contributed by atoms with Gasteiger partial charge in [0.1, 0.15) is 5.75 Å². The lowest BCUT2D eigenvalue weighted by atomic mass is 9.81. The fourth-order valence-electron chi connectivity index (χ4n) is 7.44. The van der Waals surface area contributed by atoms with Crippen LogP contribution >= 0.6 is 0 Å². The smallest absolute Gasteiger partial charge is 0.304 e. The molecule has 2 saturated carbocycles.